The molecule has 112 valence electrons. The van der Waals surface area contributed by atoms with Crippen molar-refractivity contribution in [2.75, 3.05) is 14.2 Å². The minimum absolute atomic E-state index is 0.334. The van der Waals surface area contributed by atoms with Crippen LogP contribution < -0.4 is 15.2 Å². The van der Waals surface area contributed by atoms with Crippen LogP contribution in [0.25, 0.3) is 0 Å². The second-order valence-corrected chi connectivity index (χ2v) is 5.06. The number of hydrogen-bond acceptors (Lipinski definition) is 3. The van der Waals surface area contributed by atoms with Gasteiger partial charge in [-0.25, -0.2) is 4.39 Å². The van der Waals surface area contributed by atoms with Crippen LogP contribution in [0.4, 0.5) is 4.39 Å². The fourth-order valence-corrected chi connectivity index (χ4v) is 2.37. The molecular formula is C16H17ClFNO2. The molecule has 5 heteroatoms. The van der Waals surface area contributed by atoms with Gasteiger partial charge in [0.2, 0.25) is 0 Å². The lowest BCUT2D eigenvalue weighted by molar-refractivity contribution is 0.395. The second-order valence-electron chi connectivity index (χ2n) is 4.65. The second kappa shape index (κ2) is 6.78. The Kier molecular flexibility index (Phi) is 5.04. The van der Waals surface area contributed by atoms with E-state index in [0.717, 1.165) is 5.56 Å². The topological polar surface area (TPSA) is 44.5 Å². The lowest BCUT2D eigenvalue weighted by Gasteiger charge is -2.17. The van der Waals surface area contributed by atoms with E-state index in [1.807, 2.05) is 6.07 Å². The van der Waals surface area contributed by atoms with Crippen LogP contribution in [0.5, 0.6) is 11.5 Å². The molecular weight excluding hydrogens is 293 g/mol. The Morgan fingerprint density at radius 3 is 2.57 bits per heavy atom. The highest BCUT2D eigenvalue weighted by Crippen LogP contribution is 2.31. The van der Waals surface area contributed by atoms with Crippen molar-refractivity contribution in [3.8, 4) is 11.5 Å². The Balaban J connectivity index is 2.31. The van der Waals surface area contributed by atoms with Crippen molar-refractivity contribution in [2.45, 2.75) is 12.5 Å². The molecule has 21 heavy (non-hydrogen) atoms. The third-order valence-electron chi connectivity index (χ3n) is 3.28. The molecule has 0 aliphatic carbocycles. The van der Waals surface area contributed by atoms with E-state index in [4.69, 9.17) is 26.8 Å². The minimum atomic E-state index is -0.380. The van der Waals surface area contributed by atoms with Gasteiger partial charge >= 0.3 is 0 Å². The van der Waals surface area contributed by atoms with Gasteiger partial charge < -0.3 is 15.2 Å². The number of ether oxygens (including phenoxy) is 2. The van der Waals surface area contributed by atoms with Crippen molar-refractivity contribution in [3.63, 3.8) is 0 Å². The minimum Gasteiger partial charge on any atom is -0.497 e. The van der Waals surface area contributed by atoms with E-state index >= 15 is 0 Å². The fraction of sp³-hybridized carbons (Fsp3) is 0.250. The van der Waals surface area contributed by atoms with Crippen LogP contribution in [-0.4, -0.2) is 14.2 Å². The Hall–Kier alpha value is -1.78. The summed E-state index contributed by atoms with van der Waals surface area (Å²) in [4.78, 5) is 0. The van der Waals surface area contributed by atoms with Crippen molar-refractivity contribution in [1.29, 1.82) is 0 Å². The molecule has 0 saturated heterocycles. The first-order valence-corrected chi connectivity index (χ1v) is 6.84. The number of hydrogen-bond donors (Lipinski definition) is 1. The van der Waals surface area contributed by atoms with Gasteiger partial charge in [-0.3, -0.25) is 0 Å². The third-order valence-corrected chi connectivity index (χ3v) is 3.65. The van der Waals surface area contributed by atoms with Crippen LogP contribution in [-0.2, 0) is 6.42 Å². The van der Waals surface area contributed by atoms with Gasteiger partial charge in [-0.1, -0.05) is 11.6 Å². The largest absolute Gasteiger partial charge is 0.497 e. The quantitative estimate of drug-likeness (QED) is 0.915. The lowest BCUT2D eigenvalue weighted by Crippen LogP contribution is -2.15. The Bertz CT molecular complexity index is 634. The van der Waals surface area contributed by atoms with Gasteiger partial charge in [0.1, 0.15) is 17.3 Å². The molecule has 0 spiro atoms. The highest BCUT2D eigenvalue weighted by atomic mass is 35.5. The maximum atomic E-state index is 13.3. The molecule has 0 radical (unpaired) electrons. The molecule has 0 heterocycles. The van der Waals surface area contributed by atoms with Crippen LogP contribution in [0, 0.1) is 5.82 Å². The molecule has 0 saturated carbocycles. The van der Waals surface area contributed by atoms with Crippen molar-refractivity contribution in [3.05, 3.63) is 58.4 Å². The Morgan fingerprint density at radius 2 is 1.90 bits per heavy atom. The predicted octanol–water partition coefficient (Wildman–Crippen LogP) is 3.74. The molecule has 0 aliphatic rings. The van der Waals surface area contributed by atoms with Gasteiger partial charge in [0.15, 0.2) is 0 Å². The SMILES string of the molecule is COc1ccc(OC)c(C(N)Cc2cc(F)ccc2Cl)c1. The molecule has 0 aliphatic heterocycles. The van der Waals surface area contributed by atoms with E-state index in [-0.39, 0.29) is 11.9 Å². The Morgan fingerprint density at radius 1 is 1.14 bits per heavy atom. The summed E-state index contributed by atoms with van der Waals surface area (Å²) in [6.07, 6.45) is 0.403. The average molecular weight is 310 g/mol. The van der Waals surface area contributed by atoms with Gasteiger partial charge in [0.05, 0.1) is 14.2 Å². The van der Waals surface area contributed by atoms with Gasteiger partial charge in [0.25, 0.3) is 0 Å². The zero-order chi connectivity index (χ0) is 15.4. The molecule has 1 atom stereocenters. The first-order valence-electron chi connectivity index (χ1n) is 6.46. The van der Waals surface area contributed by atoms with E-state index in [9.17, 15) is 4.39 Å². The molecule has 0 amide bonds. The van der Waals surface area contributed by atoms with Gasteiger partial charge in [-0.15, -0.1) is 0 Å². The zero-order valence-corrected chi connectivity index (χ0v) is 12.7. The van der Waals surface area contributed by atoms with E-state index < -0.39 is 0 Å². The van der Waals surface area contributed by atoms with Crippen LogP contribution >= 0.6 is 11.6 Å². The van der Waals surface area contributed by atoms with Crippen molar-refractivity contribution in [2.24, 2.45) is 5.73 Å². The van der Waals surface area contributed by atoms with Crippen LogP contribution in [0.1, 0.15) is 17.2 Å². The van der Waals surface area contributed by atoms with Crippen molar-refractivity contribution in [1.82, 2.24) is 0 Å². The molecule has 2 aromatic carbocycles. The van der Waals surface area contributed by atoms with Crippen LogP contribution in [0.2, 0.25) is 5.02 Å². The number of nitrogens with two attached hydrogens (primary N) is 1. The number of methoxy groups -OCH3 is 2. The maximum Gasteiger partial charge on any atom is 0.123 e. The van der Waals surface area contributed by atoms with Crippen molar-refractivity contribution >= 4 is 11.6 Å². The number of benzene rings is 2. The maximum absolute atomic E-state index is 13.3. The summed E-state index contributed by atoms with van der Waals surface area (Å²) in [7, 11) is 3.16. The van der Waals surface area contributed by atoms with E-state index in [1.165, 1.54) is 18.2 Å². The summed E-state index contributed by atoms with van der Waals surface area (Å²) in [6.45, 7) is 0. The molecule has 0 fully saturated rings. The normalized spacial score (nSPS) is 12.0. The summed E-state index contributed by atoms with van der Waals surface area (Å²) in [6, 6.07) is 9.27. The highest BCUT2D eigenvalue weighted by molar-refractivity contribution is 6.31. The predicted molar refractivity (Wildman–Crippen MR) is 81.6 cm³/mol. The van der Waals surface area contributed by atoms with E-state index in [1.54, 1.807) is 26.4 Å². The molecule has 3 nitrogen and oxygen atoms in total. The number of halogens is 2. The van der Waals surface area contributed by atoms with Crippen molar-refractivity contribution < 1.29 is 13.9 Å². The Labute approximate surface area is 128 Å². The molecule has 2 rings (SSSR count). The summed E-state index contributed by atoms with van der Waals surface area (Å²) < 4.78 is 23.8. The standard InChI is InChI=1S/C16H17ClFNO2/c1-20-12-4-6-16(21-2)13(9-12)15(19)8-10-7-11(18)3-5-14(10)17/h3-7,9,15H,8,19H2,1-2H3. The smallest absolute Gasteiger partial charge is 0.123 e. The molecule has 2 N–H and O–H groups in total. The average Bonchev–Trinajstić information content (AvgIpc) is 2.50. The summed E-state index contributed by atoms with van der Waals surface area (Å²) in [5.74, 6) is 1.02. The number of rotatable bonds is 5. The lowest BCUT2D eigenvalue weighted by atomic mass is 9.98. The first kappa shape index (κ1) is 15.6. The third kappa shape index (κ3) is 3.65. The van der Waals surface area contributed by atoms with Crippen LogP contribution in [0.15, 0.2) is 36.4 Å². The zero-order valence-electron chi connectivity index (χ0n) is 11.9. The fourth-order valence-electron chi connectivity index (χ4n) is 2.18. The highest BCUT2D eigenvalue weighted by Gasteiger charge is 2.15. The van der Waals surface area contributed by atoms with E-state index in [0.29, 0.717) is 28.5 Å². The van der Waals surface area contributed by atoms with E-state index in [2.05, 4.69) is 0 Å². The summed E-state index contributed by atoms with van der Waals surface area (Å²) >= 11 is 6.08. The van der Waals surface area contributed by atoms with Crippen LogP contribution in [0.3, 0.4) is 0 Å². The van der Waals surface area contributed by atoms with Gasteiger partial charge in [-0.2, -0.15) is 0 Å². The first-order chi connectivity index (χ1) is 10.0. The van der Waals surface area contributed by atoms with Gasteiger partial charge in [-0.05, 0) is 48.4 Å². The molecule has 0 bridgehead atoms. The summed E-state index contributed by atoms with van der Waals surface area (Å²) in [5.41, 5.74) is 7.68. The molecule has 1 unspecified atom stereocenters. The molecule has 2 aromatic rings. The van der Waals surface area contributed by atoms with Gasteiger partial charge in [0, 0.05) is 16.6 Å². The monoisotopic (exact) mass is 309 g/mol. The molecule has 0 aromatic heterocycles. The summed E-state index contributed by atoms with van der Waals surface area (Å²) in [5, 5.41) is 0.494.